The monoisotopic (exact) mass is 977 g/mol. The van der Waals surface area contributed by atoms with Crippen LogP contribution in [0, 0.1) is 17.6 Å². The molecule has 4 aliphatic rings. The van der Waals surface area contributed by atoms with Crippen molar-refractivity contribution < 1.29 is 23.2 Å². The number of fused-ring (bicyclic) bond motifs is 4. The Kier molecular flexibility index (Phi) is 14.0. The number of nitrogens with zero attached hydrogens (tertiary/aromatic N) is 7. The summed E-state index contributed by atoms with van der Waals surface area (Å²) < 4.78 is 28.3. The molecule has 2 fully saturated rings. The third-order valence-corrected chi connectivity index (χ3v) is 14.6. The maximum Gasteiger partial charge on any atom is 0.273 e. The smallest absolute Gasteiger partial charge is 0.273 e. The van der Waals surface area contributed by atoms with E-state index < -0.39 is 5.82 Å². The Morgan fingerprint density at radius 3 is 1.52 bits per heavy atom. The zero-order valence-electron chi connectivity index (χ0n) is 41.0. The Balaban J connectivity index is 0.000000151. The van der Waals surface area contributed by atoms with E-state index in [1.165, 1.54) is 62.8 Å². The van der Waals surface area contributed by atoms with Crippen molar-refractivity contribution in [2.75, 3.05) is 18.0 Å². The van der Waals surface area contributed by atoms with Crippen molar-refractivity contribution in [1.82, 2.24) is 34.6 Å². The first-order chi connectivity index (χ1) is 35.4. The topological polar surface area (TPSA) is 165 Å². The molecular weight excluding hydrogens is 921 g/mol. The Morgan fingerprint density at radius 1 is 0.589 bits per heavy atom. The predicted molar refractivity (Wildman–Crippen MR) is 281 cm³/mol. The number of nitrogens with two attached hydrogens (primary N) is 2. The highest BCUT2D eigenvalue weighted by molar-refractivity contribution is 6.07. The molecule has 14 heteroatoms. The number of rotatable bonds is 7. The van der Waals surface area contributed by atoms with Crippen LogP contribution in [0.25, 0.3) is 44.1 Å². The van der Waals surface area contributed by atoms with Crippen LogP contribution >= 0.6 is 0 Å². The lowest BCUT2D eigenvalue weighted by Crippen LogP contribution is -2.27. The van der Waals surface area contributed by atoms with Crippen LogP contribution in [0.4, 0.5) is 20.7 Å². The third kappa shape index (κ3) is 10.5. The van der Waals surface area contributed by atoms with Crippen molar-refractivity contribution in [1.29, 1.82) is 0 Å². The second kappa shape index (κ2) is 21.0. The summed E-state index contributed by atoms with van der Waals surface area (Å²) in [5.41, 5.74) is 22.0. The van der Waals surface area contributed by atoms with E-state index in [9.17, 15) is 23.2 Å². The van der Waals surface area contributed by atoms with Gasteiger partial charge in [0, 0.05) is 55.1 Å². The number of amides is 2. The Labute approximate surface area is 423 Å². The van der Waals surface area contributed by atoms with Gasteiger partial charge in [-0.25, -0.2) is 28.7 Å². The molecular formula is C59H57F2N9O3. The van der Waals surface area contributed by atoms with Crippen LogP contribution in [0.5, 0.6) is 0 Å². The number of nitrogen functional groups attached to an aromatic ring is 2. The number of hydrogen-bond acceptors (Lipinski definition) is 10. The van der Waals surface area contributed by atoms with Gasteiger partial charge in [0.25, 0.3) is 11.8 Å². The van der Waals surface area contributed by atoms with Crippen molar-refractivity contribution in [3.05, 3.63) is 178 Å². The fourth-order valence-corrected chi connectivity index (χ4v) is 10.6. The normalized spacial score (nSPS) is 16.2. The SMILES string of the molecule is CC1CCCC1.CC1CCCN1Cc1ccc(F)cc1-c1ccc2nc(N)nc(C(=O)N3Cc4ccccc4C3)c2c1.Nc1nc(C(=O)N2Cc3ccccc3C2)c2cc(-c3cc(F)ccc3C=O)ccc2n1. The fourth-order valence-electron chi connectivity index (χ4n) is 10.6. The molecule has 1 unspecified atom stereocenters. The second-order valence-corrected chi connectivity index (χ2v) is 19.7. The average Bonchev–Trinajstić information content (AvgIpc) is 4.24. The molecule has 2 aromatic heterocycles. The minimum atomic E-state index is -0.458. The average molecular weight is 978 g/mol. The lowest BCUT2D eigenvalue weighted by atomic mass is 9.97. The molecule has 4 N–H and O–H groups in total. The van der Waals surface area contributed by atoms with Crippen LogP contribution in [-0.2, 0) is 32.7 Å². The molecule has 5 heterocycles. The van der Waals surface area contributed by atoms with E-state index in [0.29, 0.717) is 77.0 Å². The molecule has 12 nitrogen and oxygen atoms in total. The first-order valence-corrected chi connectivity index (χ1v) is 25.0. The van der Waals surface area contributed by atoms with E-state index >= 15 is 0 Å². The molecule has 6 aromatic carbocycles. The molecule has 1 aliphatic carbocycles. The number of anilines is 2. The number of hydrogen-bond donors (Lipinski definition) is 2. The van der Waals surface area contributed by atoms with Crippen molar-refractivity contribution in [2.45, 2.75) is 91.1 Å². The molecule has 370 valence electrons. The number of carbonyl (C=O) groups excluding carboxylic acids is 3. The van der Waals surface area contributed by atoms with Crippen molar-refractivity contribution in [2.24, 2.45) is 5.92 Å². The van der Waals surface area contributed by atoms with Gasteiger partial charge in [-0.1, -0.05) is 99.3 Å². The first-order valence-electron chi connectivity index (χ1n) is 25.0. The van der Waals surface area contributed by atoms with Gasteiger partial charge in [0.05, 0.1) is 11.0 Å². The lowest BCUT2D eigenvalue weighted by Gasteiger charge is -2.23. The molecule has 0 bridgehead atoms. The minimum Gasteiger partial charge on any atom is -0.368 e. The maximum atomic E-state index is 14.4. The molecule has 1 saturated heterocycles. The van der Waals surface area contributed by atoms with Gasteiger partial charge < -0.3 is 21.3 Å². The Morgan fingerprint density at radius 2 is 1.07 bits per heavy atom. The van der Waals surface area contributed by atoms with Crippen LogP contribution in [-0.4, -0.2) is 65.3 Å². The largest absolute Gasteiger partial charge is 0.368 e. The van der Waals surface area contributed by atoms with Crippen molar-refractivity contribution >= 4 is 51.8 Å². The molecule has 0 radical (unpaired) electrons. The lowest BCUT2D eigenvalue weighted by molar-refractivity contribution is 0.0741. The van der Waals surface area contributed by atoms with E-state index in [1.54, 1.807) is 34.1 Å². The molecule has 73 heavy (non-hydrogen) atoms. The Hall–Kier alpha value is -7.97. The number of likely N-dealkylation sites (tertiary alicyclic amines) is 1. The van der Waals surface area contributed by atoms with E-state index in [2.05, 4.69) is 38.7 Å². The van der Waals surface area contributed by atoms with Crippen molar-refractivity contribution in [3.8, 4) is 22.3 Å². The molecule has 3 aliphatic heterocycles. The summed E-state index contributed by atoms with van der Waals surface area (Å²) in [5.74, 6) is -0.0899. The Bertz CT molecular complexity index is 3370. The standard InChI is InChI=1S/C29H28FN5O.C24H17FN4O2.C6H12/c1-18-5-4-12-34(18)17-22-8-10-23(30)14-24(22)19-9-11-26-25(13-19)27(33-29(31)32-26)28(36)35-15-20-6-2-3-7-21(20)16-35;25-18-7-5-17(13-30)19(10-18)14-6-8-21-20(9-14)22(28-24(26)27-21)23(31)29-11-15-3-1-2-4-16(15)12-29;1-6-4-2-3-5-6/h2-3,6-11,13-14,18H,4-5,12,15-17H2,1H3,(H2,31,32,33);1-10,13H,11-12H2,(H2,26,27,28);6H,2-5H2,1H3. The van der Waals surface area contributed by atoms with Gasteiger partial charge >= 0.3 is 0 Å². The van der Waals surface area contributed by atoms with Crippen molar-refractivity contribution in [3.63, 3.8) is 0 Å². The zero-order chi connectivity index (χ0) is 50.8. The van der Waals surface area contributed by atoms with Crippen LogP contribution in [0.3, 0.4) is 0 Å². The highest BCUT2D eigenvalue weighted by Gasteiger charge is 2.29. The van der Waals surface area contributed by atoms with E-state index in [1.807, 2.05) is 72.8 Å². The number of halogens is 2. The number of benzene rings is 6. The van der Waals surface area contributed by atoms with Crippen LogP contribution < -0.4 is 11.5 Å². The molecule has 1 atom stereocenters. The molecule has 1 saturated carbocycles. The molecule has 12 rings (SSSR count). The fraction of sp³-hybridized carbons (Fsp3) is 0.271. The molecule has 2 amide bonds. The van der Waals surface area contributed by atoms with Gasteiger partial charge in [0.1, 0.15) is 23.0 Å². The highest BCUT2D eigenvalue weighted by Crippen LogP contribution is 2.34. The highest BCUT2D eigenvalue weighted by atomic mass is 19.1. The van der Waals surface area contributed by atoms with Gasteiger partial charge in [-0.15, -0.1) is 0 Å². The number of aldehydes is 1. The summed E-state index contributed by atoms with van der Waals surface area (Å²) in [5, 5.41) is 1.11. The van der Waals surface area contributed by atoms with E-state index in [0.717, 1.165) is 58.0 Å². The van der Waals surface area contributed by atoms with Gasteiger partial charge in [0.15, 0.2) is 6.29 Å². The van der Waals surface area contributed by atoms with Crippen LogP contribution in [0.15, 0.2) is 121 Å². The van der Waals surface area contributed by atoms with Gasteiger partial charge in [-0.2, -0.15) is 0 Å². The number of carbonyl (C=O) groups is 3. The predicted octanol–water partition coefficient (Wildman–Crippen LogP) is 11.3. The van der Waals surface area contributed by atoms with Gasteiger partial charge in [-0.05, 0) is 137 Å². The third-order valence-electron chi connectivity index (χ3n) is 14.6. The first kappa shape index (κ1) is 48.6. The summed E-state index contributed by atoms with van der Waals surface area (Å²) in [6.45, 7) is 8.41. The summed E-state index contributed by atoms with van der Waals surface area (Å²) in [4.78, 5) is 61.6. The summed E-state index contributed by atoms with van der Waals surface area (Å²) in [6, 6.07) is 36.1. The zero-order valence-corrected chi connectivity index (χ0v) is 41.0. The minimum absolute atomic E-state index is 0.000327. The van der Waals surface area contributed by atoms with Crippen LogP contribution in [0.2, 0.25) is 0 Å². The molecule has 8 aromatic rings. The van der Waals surface area contributed by atoms with Gasteiger partial charge in [0.2, 0.25) is 11.9 Å². The van der Waals surface area contributed by atoms with E-state index in [-0.39, 0.29) is 40.9 Å². The summed E-state index contributed by atoms with van der Waals surface area (Å²) in [7, 11) is 0. The van der Waals surface area contributed by atoms with Gasteiger partial charge in [-0.3, -0.25) is 19.3 Å². The number of aromatic nitrogens is 4. The summed E-state index contributed by atoms with van der Waals surface area (Å²) in [6.07, 6.45) is 8.98. The molecule has 0 spiro atoms. The summed E-state index contributed by atoms with van der Waals surface area (Å²) >= 11 is 0. The maximum absolute atomic E-state index is 14.4. The second-order valence-electron chi connectivity index (χ2n) is 19.7. The van der Waals surface area contributed by atoms with Crippen LogP contribution in [0.1, 0.15) is 112 Å². The quantitative estimate of drug-likeness (QED) is 0.147. The van der Waals surface area contributed by atoms with E-state index in [4.69, 9.17) is 11.5 Å².